The summed E-state index contributed by atoms with van der Waals surface area (Å²) in [7, 11) is -3.60. The van der Waals surface area contributed by atoms with Crippen molar-refractivity contribution in [3.63, 3.8) is 0 Å². The maximum atomic E-state index is 11.9. The summed E-state index contributed by atoms with van der Waals surface area (Å²) < 4.78 is 26.2. The lowest BCUT2D eigenvalue weighted by Gasteiger charge is -2.29. The highest BCUT2D eigenvalue weighted by molar-refractivity contribution is 7.91. The molecule has 1 aliphatic rings. The van der Waals surface area contributed by atoms with E-state index < -0.39 is 15.6 Å². The monoisotopic (exact) mass is 317 g/mol. The van der Waals surface area contributed by atoms with Gasteiger partial charge in [-0.3, -0.25) is 4.79 Å². The lowest BCUT2D eigenvalue weighted by atomic mass is 9.96. The lowest BCUT2D eigenvalue weighted by molar-refractivity contribution is -0.121. The minimum absolute atomic E-state index is 0.203. The SMILES string of the molecule is CC(CN)(NC(=O)CNS(=O)(=O)c1cccs1)C1CC1. The van der Waals surface area contributed by atoms with Crippen LogP contribution in [0.4, 0.5) is 0 Å². The van der Waals surface area contributed by atoms with Crippen LogP contribution in [0, 0.1) is 5.92 Å². The van der Waals surface area contributed by atoms with Gasteiger partial charge in [0.1, 0.15) is 4.21 Å². The molecule has 1 aromatic rings. The average Bonchev–Trinajstić information content (AvgIpc) is 3.12. The second kappa shape index (κ2) is 5.80. The van der Waals surface area contributed by atoms with Crippen molar-refractivity contribution < 1.29 is 13.2 Å². The fourth-order valence-corrected chi connectivity index (χ4v) is 4.07. The lowest BCUT2D eigenvalue weighted by Crippen LogP contribution is -2.55. The van der Waals surface area contributed by atoms with Crippen LogP contribution in [0.25, 0.3) is 0 Å². The molecule has 4 N–H and O–H groups in total. The molecule has 0 aliphatic heterocycles. The minimum Gasteiger partial charge on any atom is -0.348 e. The number of hydrogen-bond acceptors (Lipinski definition) is 5. The summed E-state index contributed by atoms with van der Waals surface area (Å²) in [5.74, 6) is 0.0373. The Labute approximate surface area is 122 Å². The maximum absolute atomic E-state index is 11.9. The third-order valence-corrected chi connectivity index (χ3v) is 6.31. The van der Waals surface area contributed by atoms with Crippen LogP contribution in [0.15, 0.2) is 21.7 Å². The number of nitrogens with two attached hydrogens (primary N) is 1. The normalized spacial score (nSPS) is 18.5. The van der Waals surface area contributed by atoms with E-state index in [0.29, 0.717) is 12.5 Å². The molecule has 0 aromatic carbocycles. The molecule has 112 valence electrons. The van der Waals surface area contributed by atoms with Crippen molar-refractivity contribution in [1.29, 1.82) is 0 Å². The van der Waals surface area contributed by atoms with E-state index in [9.17, 15) is 13.2 Å². The first-order valence-corrected chi connectivity index (χ1v) is 8.78. The first-order valence-electron chi connectivity index (χ1n) is 6.41. The second-order valence-electron chi connectivity index (χ2n) is 5.20. The molecule has 8 heteroatoms. The largest absolute Gasteiger partial charge is 0.348 e. The van der Waals surface area contributed by atoms with Crippen molar-refractivity contribution in [3.05, 3.63) is 17.5 Å². The van der Waals surface area contributed by atoms with Crippen molar-refractivity contribution in [2.45, 2.75) is 29.5 Å². The Bertz CT molecular complexity index is 567. The molecule has 2 rings (SSSR count). The predicted octanol–water partition coefficient (Wildman–Crippen LogP) is 0.270. The third kappa shape index (κ3) is 3.57. The zero-order chi connectivity index (χ0) is 14.8. The molecular weight excluding hydrogens is 298 g/mol. The van der Waals surface area contributed by atoms with Gasteiger partial charge in [0.15, 0.2) is 0 Å². The number of rotatable bonds is 7. The molecule has 1 amide bonds. The smallest absolute Gasteiger partial charge is 0.250 e. The first-order chi connectivity index (χ1) is 9.37. The minimum atomic E-state index is -3.60. The summed E-state index contributed by atoms with van der Waals surface area (Å²) in [5, 5.41) is 4.51. The Kier molecular flexibility index (Phi) is 4.48. The second-order valence-corrected chi connectivity index (χ2v) is 8.14. The molecule has 1 aliphatic carbocycles. The molecule has 1 unspecified atom stereocenters. The number of carbonyl (C=O) groups is 1. The molecule has 1 fully saturated rings. The van der Waals surface area contributed by atoms with Crippen molar-refractivity contribution in [1.82, 2.24) is 10.0 Å². The fourth-order valence-electron chi connectivity index (χ4n) is 2.05. The van der Waals surface area contributed by atoms with Gasteiger partial charge in [-0.25, -0.2) is 13.1 Å². The maximum Gasteiger partial charge on any atom is 0.250 e. The molecule has 0 radical (unpaired) electrons. The summed E-state index contributed by atoms with van der Waals surface area (Å²) in [6.07, 6.45) is 2.10. The summed E-state index contributed by atoms with van der Waals surface area (Å²) >= 11 is 1.11. The van der Waals surface area contributed by atoms with Gasteiger partial charge in [-0.1, -0.05) is 6.07 Å². The van der Waals surface area contributed by atoms with Gasteiger partial charge < -0.3 is 11.1 Å². The number of thiophene rings is 1. The van der Waals surface area contributed by atoms with Gasteiger partial charge >= 0.3 is 0 Å². The third-order valence-electron chi connectivity index (χ3n) is 3.51. The standard InChI is InChI=1S/C12H19N3O3S2/c1-12(8-13,9-4-5-9)15-10(16)7-14-20(17,18)11-3-2-6-19-11/h2-3,6,9,14H,4-5,7-8,13H2,1H3,(H,15,16). The highest BCUT2D eigenvalue weighted by Gasteiger charge is 2.41. The molecule has 0 bridgehead atoms. The first kappa shape index (κ1) is 15.4. The van der Waals surface area contributed by atoms with E-state index in [2.05, 4.69) is 10.0 Å². The van der Waals surface area contributed by atoms with Crippen molar-refractivity contribution in [2.75, 3.05) is 13.1 Å². The summed E-state index contributed by atoms with van der Waals surface area (Å²) in [6, 6.07) is 3.15. The van der Waals surface area contributed by atoms with Crippen LogP contribution >= 0.6 is 11.3 Å². The predicted molar refractivity (Wildman–Crippen MR) is 77.8 cm³/mol. The quantitative estimate of drug-likeness (QED) is 0.672. The average molecular weight is 317 g/mol. The van der Waals surface area contributed by atoms with Crippen LogP contribution in [-0.4, -0.2) is 33.0 Å². The van der Waals surface area contributed by atoms with Gasteiger partial charge in [0, 0.05) is 6.54 Å². The molecule has 0 saturated heterocycles. The zero-order valence-electron chi connectivity index (χ0n) is 11.3. The molecule has 0 spiro atoms. The van der Waals surface area contributed by atoms with E-state index >= 15 is 0 Å². The van der Waals surface area contributed by atoms with E-state index in [1.54, 1.807) is 11.4 Å². The van der Waals surface area contributed by atoms with Gasteiger partial charge in [-0.2, -0.15) is 0 Å². The highest BCUT2D eigenvalue weighted by Crippen LogP contribution is 2.38. The van der Waals surface area contributed by atoms with Gasteiger partial charge in [0.25, 0.3) is 10.0 Å². The van der Waals surface area contributed by atoms with Crippen molar-refractivity contribution in [3.8, 4) is 0 Å². The van der Waals surface area contributed by atoms with Crippen molar-refractivity contribution in [2.24, 2.45) is 11.7 Å². The Morgan fingerprint density at radius 3 is 2.75 bits per heavy atom. The molecule has 20 heavy (non-hydrogen) atoms. The van der Waals surface area contributed by atoms with E-state index in [1.165, 1.54) is 6.07 Å². The van der Waals surface area contributed by atoms with Gasteiger partial charge in [-0.15, -0.1) is 11.3 Å². The number of sulfonamides is 1. The molecule has 1 atom stereocenters. The highest BCUT2D eigenvalue weighted by atomic mass is 32.2. The van der Waals surface area contributed by atoms with Crippen LogP contribution in [0.2, 0.25) is 0 Å². The Hall–Kier alpha value is -0.960. The molecule has 1 saturated carbocycles. The van der Waals surface area contributed by atoms with E-state index in [0.717, 1.165) is 24.2 Å². The summed E-state index contributed by atoms with van der Waals surface area (Å²) in [6.45, 7) is 1.97. The van der Waals surface area contributed by atoms with Gasteiger partial charge in [-0.05, 0) is 37.1 Å². The van der Waals surface area contributed by atoms with E-state index in [1.807, 2.05) is 6.92 Å². The Balaban J connectivity index is 1.89. The van der Waals surface area contributed by atoms with Crippen molar-refractivity contribution >= 4 is 27.3 Å². The molecular formula is C12H19N3O3S2. The topological polar surface area (TPSA) is 101 Å². The van der Waals surface area contributed by atoms with Crippen LogP contribution in [0.3, 0.4) is 0 Å². The number of amides is 1. The Morgan fingerprint density at radius 2 is 2.25 bits per heavy atom. The molecule has 1 aromatic heterocycles. The van der Waals surface area contributed by atoms with Gasteiger partial charge in [0.05, 0.1) is 12.1 Å². The molecule has 6 nitrogen and oxygen atoms in total. The summed E-state index contributed by atoms with van der Waals surface area (Å²) in [4.78, 5) is 11.9. The summed E-state index contributed by atoms with van der Waals surface area (Å²) in [5.41, 5.74) is 5.26. The van der Waals surface area contributed by atoms with Gasteiger partial charge in [0.2, 0.25) is 5.91 Å². The fraction of sp³-hybridized carbons (Fsp3) is 0.583. The number of carbonyl (C=O) groups excluding carboxylic acids is 1. The van der Waals surface area contributed by atoms with Crippen LogP contribution < -0.4 is 15.8 Å². The number of hydrogen-bond donors (Lipinski definition) is 3. The molecule has 1 heterocycles. The van der Waals surface area contributed by atoms with E-state index in [4.69, 9.17) is 5.73 Å². The zero-order valence-corrected chi connectivity index (χ0v) is 12.9. The number of nitrogens with one attached hydrogen (secondary N) is 2. The van der Waals surface area contributed by atoms with Crippen LogP contribution in [0.1, 0.15) is 19.8 Å². The van der Waals surface area contributed by atoms with Crippen LogP contribution in [0.5, 0.6) is 0 Å². The Morgan fingerprint density at radius 1 is 1.55 bits per heavy atom. The van der Waals surface area contributed by atoms with E-state index in [-0.39, 0.29) is 16.7 Å². The van der Waals surface area contributed by atoms with Crippen LogP contribution in [-0.2, 0) is 14.8 Å².